The van der Waals surface area contributed by atoms with Crippen molar-refractivity contribution in [3.8, 4) is 0 Å². The molecule has 1 aromatic carbocycles. The van der Waals surface area contributed by atoms with Crippen LogP contribution >= 0.6 is 22.9 Å². The summed E-state index contributed by atoms with van der Waals surface area (Å²) >= 11 is 7.57. The topological polar surface area (TPSA) is 25.8 Å². The Bertz CT molecular complexity index is 520. The summed E-state index contributed by atoms with van der Waals surface area (Å²) in [5, 5.41) is 10.1. The molecule has 1 unspecified atom stereocenters. The molecule has 0 saturated carbocycles. The Balaban J connectivity index is 2.16. The van der Waals surface area contributed by atoms with Crippen molar-refractivity contribution in [3.63, 3.8) is 0 Å². The van der Waals surface area contributed by atoms with Crippen LogP contribution in [0.1, 0.15) is 39.0 Å². The fourth-order valence-electron chi connectivity index (χ4n) is 1.59. The molecule has 0 aliphatic carbocycles. The molecule has 90 valence electrons. The molecule has 17 heavy (non-hydrogen) atoms. The van der Waals surface area contributed by atoms with Crippen molar-refractivity contribution in [2.45, 2.75) is 32.6 Å². The quantitative estimate of drug-likeness (QED) is 0.784. The lowest BCUT2D eigenvalue weighted by Gasteiger charge is -2.02. The van der Waals surface area contributed by atoms with Gasteiger partial charge in [0.1, 0.15) is 10.0 Å². The maximum atomic E-state index is 5.97. The van der Waals surface area contributed by atoms with Crippen LogP contribution < -0.4 is 0 Å². The van der Waals surface area contributed by atoms with E-state index >= 15 is 0 Å². The van der Waals surface area contributed by atoms with Gasteiger partial charge in [-0.25, -0.2) is 0 Å². The minimum absolute atomic E-state index is 0.0546. The third kappa shape index (κ3) is 3.05. The molecule has 0 spiro atoms. The predicted molar refractivity (Wildman–Crippen MR) is 72.9 cm³/mol. The largest absolute Gasteiger partial charge is 0.143 e. The second-order valence-electron chi connectivity index (χ2n) is 4.25. The van der Waals surface area contributed by atoms with Crippen molar-refractivity contribution in [3.05, 3.63) is 44.9 Å². The lowest BCUT2D eigenvalue weighted by Crippen LogP contribution is -1.90. The van der Waals surface area contributed by atoms with Crippen molar-refractivity contribution < 1.29 is 0 Å². The zero-order valence-corrected chi connectivity index (χ0v) is 11.8. The molecule has 2 nitrogen and oxygen atoms in total. The maximum absolute atomic E-state index is 5.97. The van der Waals surface area contributed by atoms with E-state index in [2.05, 4.69) is 42.2 Å². The van der Waals surface area contributed by atoms with Crippen molar-refractivity contribution >= 4 is 22.9 Å². The predicted octanol–water partition coefficient (Wildman–Crippen LogP) is 4.05. The fraction of sp³-hybridized carbons (Fsp3) is 0.385. The molecule has 0 aliphatic rings. The average Bonchev–Trinajstić information content (AvgIpc) is 2.72. The Morgan fingerprint density at radius 3 is 2.59 bits per heavy atom. The highest BCUT2D eigenvalue weighted by Gasteiger charge is 2.09. The van der Waals surface area contributed by atoms with E-state index in [9.17, 15) is 0 Å². The van der Waals surface area contributed by atoms with E-state index in [1.54, 1.807) is 11.3 Å². The van der Waals surface area contributed by atoms with E-state index < -0.39 is 0 Å². The van der Waals surface area contributed by atoms with E-state index in [0.717, 1.165) is 16.4 Å². The number of alkyl halides is 1. The van der Waals surface area contributed by atoms with Gasteiger partial charge in [-0.2, -0.15) is 0 Å². The SMILES string of the molecule is Cc1ccc(Cc2nnc(C(C)Cl)s2)cc1C. The molecule has 0 aliphatic heterocycles. The molecule has 0 amide bonds. The minimum Gasteiger partial charge on any atom is -0.143 e. The highest BCUT2D eigenvalue weighted by molar-refractivity contribution is 7.11. The maximum Gasteiger partial charge on any atom is 0.135 e. The first-order chi connectivity index (χ1) is 8.06. The summed E-state index contributed by atoms with van der Waals surface area (Å²) in [6, 6.07) is 6.50. The Kier molecular flexibility index (Phi) is 3.79. The minimum atomic E-state index is -0.0546. The van der Waals surface area contributed by atoms with Crippen molar-refractivity contribution in [1.29, 1.82) is 0 Å². The summed E-state index contributed by atoms with van der Waals surface area (Å²) in [6.07, 6.45) is 0.836. The van der Waals surface area contributed by atoms with Crippen molar-refractivity contribution in [2.75, 3.05) is 0 Å². The molecule has 0 radical (unpaired) electrons. The van der Waals surface area contributed by atoms with Gasteiger partial charge in [0.15, 0.2) is 0 Å². The van der Waals surface area contributed by atoms with Gasteiger partial charge in [-0.15, -0.1) is 21.8 Å². The van der Waals surface area contributed by atoms with Crippen LogP contribution in [0.15, 0.2) is 18.2 Å². The first-order valence-electron chi connectivity index (χ1n) is 5.58. The highest BCUT2D eigenvalue weighted by atomic mass is 35.5. The first-order valence-corrected chi connectivity index (χ1v) is 6.84. The van der Waals surface area contributed by atoms with Crippen LogP contribution in [0.3, 0.4) is 0 Å². The Morgan fingerprint density at radius 2 is 2.00 bits per heavy atom. The van der Waals surface area contributed by atoms with E-state index in [1.807, 2.05) is 6.92 Å². The molecule has 1 aromatic heterocycles. The second-order valence-corrected chi connectivity index (χ2v) is 5.99. The van der Waals surface area contributed by atoms with E-state index in [4.69, 9.17) is 11.6 Å². The summed E-state index contributed by atoms with van der Waals surface area (Å²) in [4.78, 5) is 0. The molecule has 0 fully saturated rings. The second kappa shape index (κ2) is 5.15. The van der Waals surface area contributed by atoms with Gasteiger partial charge in [-0.3, -0.25) is 0 Å². The molecule has 2 rings (SSSR count). The summed E-state index contributed by atoms with van der Waals surface area (Å²) in [6.45, 7) is 6.17. The Labute approximate surface area is 111 Å². The Hall–Kier alpha value is -0.930. The fourth-order valence-corrected chi connectivity index (χ4v) is 2.57. The van der Waals surface area contributed by atoms with Gasteiger partial charge in [0, 0.05) is 6.42 Å². The van der Waals surface area contributed by atoms with Gasteiger partial charge < -0.3 is 0 Å². The standard InChI is InChI=1S/C13H15ClN2S/c1-8-4-5-11(6-9(8)2)7-12-15-16-13(17-12)10(3)14/h4-6,10H,7H2,1-3H3. The number of nitrogens with zero attached hydrogens (tertiary/aromatic N) is 2. The van der Waals surface area contributed by atoms with Crippen LogP contribution in [0, 0.1) is 13.8 Å². The molecule has 0 N–H and O–H groups in total. The average molecular weight is 267 g/mol. The molecule has 1 heterocycles. The lowest BCUT2D eigenvalue weighted by molar-refractivity contribution is 0.930. The number of hydrogen-bond donors (Lipinski definition) is 0. The summed E-state index contributed by atoms with van der Waals surface area (Å²) in [5.74, 6) is 0. The first kappa shape index (κ1) is 12.5. The van der Waals surface area contributed by atoms with Crippen LogP contribution in [-0.2, 0) is 6.42 Å². The lowest BCUT2D eigenvalue weighted by atomic mass is 10.0. The summed E-state index contributed by atoms with van der Waals surface area (Å²) in [5.41, 5.74) is 3.91. The molecular formula is C13H15ClN2S. The Morgan fingerprint density at radius 1 is 1.24 bits per heavy atom. The molecule has 0 saturated heterocycles. The third-order valence-corrected chi connectivity index (χ3v) is 4.19. The smallest absolute Gasteiger partial charge is 0.135 e. The van der Waals surface area contributed by atoms with Crippen LogP contribution in [0.25, 0.3) is 0 Å². The van der Waals surface area contributed by atoms with Gasteiger partial charge in [0.05, 0.1) is 5.38 Å². The third-order valence-electron chi connectivity index (χ3n) is 2.75. The number of halogens is 1. The molecule has 4 heteroatoms. The molecular weight excluding hydrogens is 252 g/mol. The highest BCUT2D eigenvalue weighted by Crippen LogP contribution is 2.24. The van der Waals surface area contributed by atoms with Gasteiger partial charge >= 0.3 is 0 Å². The summed E-state index contributed by atoms with van der Waals surface area (Å²) < 4.78 is 0. The number of hydrogen-bond acceptors (Lipinski definition) is 3. The number of benzene rings is 1. The number of rotatable bonds is 3. The summed E-state index contributed by atoms with van der Waals surface area (Å²) in [7, 11) is 0. The number of aryl methyl sites for hydroxylation is 2. The zero-order chi connectivity index (χ0) is 12.4. The normalized spacial score (nSPS) is 12.7. The zero-order valence-electron chi connectivity index (χ0n) is 10.2. The van der Waals surface area contributed by atoms with Gasteiger partial charge in [-0.1, -0.05) is 29.5 Å². The van der Waals surface area contributed by atoms with Crippen LogP contribution in [0.2, 0.25) is 0 Å². The van der Waals surface area contributed by atoms with Gasteiger partial charge in [0.2, 0.25) is 0 Å². The van der Waals surface area contributed by atoms with Crippen molar-refractivity contribution in [2.24, 2.45) is 0 Å². The van der Waals surface area contributed by atoms with Crippen LogP contribution in [0.4, 0.5) is 0 Å². The van der Waals surface area contributed by atoms with Crippen molar-refractivity contribution in [1.82, 2.24) is 10.2 Å². The van der Waals surface area contributed by atoms with Crippen LogP contribution in [-0.4, -0.2) is 10.2 Å². The van der Waals surface area contributed by atoms with Crippen LogP contribution in [0.5, 0.6) is 0 Å². The monoisotopic (exact) mass is 266 g/mol. The van der Waals surface area contributed by atoms with Gasteiger partial charge in [0.25, 0.3) is 0 Å². The van der Waals surface area contributed by atoms with E-state index in [1.165, 1.54) is 16.7 Å². The molecule has 0 bridgehead atoms. The molecule has 1 atom stereocenters. The molecule has 2 aromatic rings. The van der Waals surface area contributed by atoms with E-state index in [0.29, 0.717) is 0 Å². The van der Waals surface area contributed by atoms with Gasteiger partial charge in [-0.05, 0) is 37.5 Å². The number of aromatic nitrogens is 2. The van der Waals surface area contributed by atoms with E-state index in [-0.39, 0.29) is 5.38 Å².